The van der Waals surface area contributed by atoms with Gasteiger partial charge in [0.25, 0.3) is 0 Å². The van der Waals surface area contributed by atoms with Crippen LogP contribution in [0.25, 0.3) is 16.9 Å². The molecule has 0 aliphatic carbocycles. The smallest absolute Gasteiger partial charge is 0.145 e. The lowest BCUT2D eigenvalue weighted by Crippen LogP contribution is -1.93. The van der Waals surface area contributed by atoms with Crippen LogP contribution in [-0.4, -0.2) is 9.38 Å². The van der Waals surface area contributed by atoms with Gasteiger partial charge >= 0.3 is 0 Å². The second kappa shape index (κ2) is 4.12. The molecule has 0 unspecified atom stereocenters. The number of aryl methyl sites for hydroxylation is 3. The molecule has 0 bridgehead atoms. The molecule has 0 spiro atoms. The monoisotopic (exact) mass is 251 g/mol. The van der Waals surface area contributed by atoms with Crippen molar-refractivity contribution < 1.29 is 0 Å². The van der Waals surface area contributed by atoms with E-state index in [1.807, 2.05) is 25.3 Å². The van der Waals surface area contributed by atoms with Gasteiger partial charge in [0.15, 0.2) is 0 Å². The van der Waals surface area contributed by atoms with Gasteiger partial charge in [-0.05, 0) is 44.5 Å². The van der Waals surface area contributed by atoms with Gasteiger partial charge < -0.3 is 5.73 Å². The Balaban J connectivity index is 2.34. The van der Waals surface area contributed by atoms with Crippen LogP contribution >= 0.6 is 0 Å². The first kappa shape index (κ1) is 11.8. The number of nitrogens with two attached hydrogens (primary N) is 1. The summed E-state index contributed by atoms with van der Waals surface area (Å²) in [5, 5.41) is 0. The largest absolute Gasteiger partial charge is 0.399 e. The molecule has 0 aliphatic rings. The Kier molecular flexibility index (Phi) is 2.56. The number of rotatable bonds is 1. The van der Waals surface area contributed by atoms with Gasteiger partial charge in [0.05, 0.1) is 11.2 Å². The predicted octanol–water partition coefficient (Wildman–Crippen LogP) is 3.51. The lowest BCUT2D eigenvalue weighted by atomic mass is 10.1. The van der Waals surface area contributed by atoms with E-state index in [-0.39, 0.29) is 0 Å². The SMILES string of the molecule is Cc1ccc(C)c(-c2nc(C)c3cc(N)ccn23)c1. The highest BCUT2D eigenvalue weighted by molar-refractivity contribution is 5.70. The van der Waals surface area contributed by atoms with Crippen LogP contribution in [0.15, 0.2) is 36.5 Å². The Labute approximate surface area is 112 Å². The maximum atomic E-state index is 5.85. The molecule has 3 heteroatoms. The summed E-state index contributed by atoms with van der Waals surface area (Å²) in [5.41, 5.74) is 12.3. The minimum atomic E-state index is 0.767. The van der Waals surface area contributed by atoms with Gasteiger partial charge in [0.1, 0.15) is 5.82 Å². The van der Waals surface area contributed by atoms with E-state index in [0.717, 1.165) is 22.7 Å². The Bertz CT molecular complexity index is 769. The second-order valence-corrected chi connectivity index (χ2v) is 5.05. The van der Waals surface area contributed by atoms with Crippen molar-refractivity contribution in [1.82, 2.24) is 9.38 Å². The van der Waals surface area contributed by atoms with Gasteiger partial charge in [-0.1, -0.05) is 17.7 Å². The zero-order valence-electron chi connectivity index (χ0n) is 11.4. The van der Waals surface area contributed by atoms with E-state index in [0.29, 0.717) is 0 Å². The van der Waals surface area contributed by atoms with E-state index in [1.54, 1.807) is 0 Å². The average molecular weight is 251 g/mol. The fourth-order valence-electron chi connectivity index (χ4n) is 2.42. The van der Waals surface area contributed by atoms with Crippen molar-refractivity contribution >= 4 is 11.2 Å². The Morgan fingerprint density at radius 2 is 1.84 bits per heavy atom. The number of hydrogen-bond acceptors (Lipinski definition) is 2. The highest BCUT2D eigenvalue weighted by Crippen LogP contribution is 2.27. The van der Waals surface area contributed by atoms with E-state index in [9.17, 15) is 0 Å². The van der Waals surface area contributed by atoms with Crippen LogP contribution in [0.3, 0.4) is 0 Å². The first-order chi connectivity index (χ1) is 9.06. The van der Waals surface area contributed by atoms with E-state index in [4.69, 9.17) is 10.7 Å². The molecule has 2 aromatic heterocycles. The molecule has 0 amide bonds. The van der Waals surface area contributed by atoms with Crippen molar-refractivity contribution in [1.29, 1.82) is 0 Å². The molecule has 2 heterocycles. The summed E-state index contributed by atoms with van der Waals surface area (Å²) >= 11 is 0. The maximum Gasteiger partial charge on any atom is 0.145 e. The molecule has 3 nitrogen and oxygen atoms in total. The Morgan fingerprint density at radius 1 is 1.05 bits per heavy atom. The first-order valence-corrected chi connectivity index (χ1v) is 6.38. The number of anilines is 1. The third-order valence-corrected chi connectivity index (χ3v) is 3.49. The Hall–Kier alpha value is -2.29. The van der Waals surface area contributed by atoms with Crippen LogP contribution in [0.5, 0.6) is 0 Å². The number of aromatic nitrogens is 2. The van der Waals surface area contributed by atoms with E-state index in [1.165, 1.54) is 16.7 Å². The number of benzene rings is 1. The third kappa shape index (κ3) is 1.87. The van der Waals surface area contributed by atoms with Gasteiger partial charge in [-0.3, -0.25) is 4.40 Å². The molecule has 1 aromatic carbocycles. The molecule has 96 valence electrons. The van der Waals surface area contributed by atoms with Crippen molar-refractivity contribution in [2.75, 3.05) is 5.73 Å². The first-order valence-electron chi connectivity index (χ1n) is 6.38. The van der Waals surface area contributed by atoms with Crippen LogP contribution in [0, 0.1) is 20.8 Å². The van der Waals surface area contributed by atoms with Gasteiger partial charge in [0, 0.05) is 17.4 Å². The quantitative estimate of drug-likeness (QED) is 0.719. The number of hydrogen-bond donors (Lipinski definition) is 1. The number of fused-ring (bicyclic) bond motifs is 1. The van der Waals surface area contributed by atoms with Crippen molar-refractivity contribution in [3.05, 3.63) is 53.3 Å². The third-order valence-electron chi connectivity index (χ3n) is 3.49. The molecular weight excluding hydrogens is 234 g/mol. The van der Waals surface area contributed by atoms with Gasteiger partial charge in [-0.2, -0.15) is 0 Å². The molecule has 0 saturated heterocycles. The standard InChI is InChI=1S/C16H17N3/c1-10-4-5-11(2)14(8-10)16-18-12(3)15-9-13(17)6-7-19(15)16/h4-9H,17H2,1-3H3. The minimum absolute atomic E-state index is 0.767. The molecule has 0 radical (unpaired) electrons. The fourth-order valence-corrected chi connectivity index (χ4v) is 2.42. The minimum Gasteiger partial charge on any atom is -0.399 e. The summed E-state index contributed by atoms with van der Waals surface area (Å²) in [6, 6.07) is 10.3. The van der Waals surface area contributed by atoms with Crippen LogP contribution < -0.4 is 5.73 Å². The molecule has 3 rings (SSSR count). The maximum absolute atomic E-state index is 5.85. The van der Waals surface area contributed by atoms with Crippen LogP contribution in [0.2, 0.25) is 0 Å². The summed E-state index contributed by atoms with van der Waals surface area (Å²) < 4.78 is 2.10. The molecule has 0 fully saturated rings. The van der Waals surface area contributed by atoms with Crippen LogP contribution in [0.1, 0.15) is 16.8 Å². The molecular formula is C16H17N3. The van der Waals surface area contributed by atoms with Crippen LogP contribution in [-0.2, 0) is 0 Å². The molecule has 0 atom stereocenters. The van der Waals surface area contributed by atoms with E-state index in [2.05, 4.69) is 36.4 Å². The zero-order valence-corrected chi connectivity index (χ0v) is 11.4. The predicted molar refractivity (Wildman–Crippen MR) is 79.3 cm³/mol. The van der Waals surface area contributed by atoms with E-state index >= 15 is 0 Å². The average Bonchev–Trinajstić information content (AvgIpc) is 2.69. The molecule has 0 aliphatic heterocycles. The topological polar surface area (TPSA) is 43.3 Å². The number of imidazole rings is 1. The summed E-state index contributed by atoms with van der Waals surface area (Å²) in [4.78, 5) is 4.71. The van der Waals surface area contributed by atoms with Gasteiger partial charge in [-0.25, -0.2) is 4.98 Å². The van der Waals surface area contributed by atoms with Gasteiger partial charge in [0.2, 0.25) is 0 Å². The summed E-state index contributed by atoms with van der Waals surface area (Å²) in [5.74, 6) is 0.980. The highest BCUT2D eigenvalue weighted by atomic mass is 15.0. The summed E-state index contributed by atoms with van der Waals surface area (Å²) in [6.45, 7) is 6.23. The molecule has 19 heavy (non-hydrogen) atoms. The summed E-state index contributed by atoms with van der Waals surface area (Å²) in [6.07, 6.45) is 1.99. The lowest BCUT2D eigenvalue weighted by Gasteiger charge is -2.06. The van der Waals surface area contributed by atoms with Gasteiger partial charge in [-0.15, -0.1) is 0 Å². The molecule has 2 N–H and O–H groups in total. The molecule has 3 aromatic rings. The fraction of sp³-hybridized carbons (Fsp3) is 0.188. The second-order valence-electron chi connectivity index (χ2n) is 5.05. The zero-order chi connectivity index (χ0) is 13.6. The number of pyridine rings is 1. The normalized spacial score (nSPS) is 11.1. The highest BCUT2D eigenvalue weighted by Gasteiger charge is 2.12. The van der Waals surface area contributed by atoms with Crippen LogP contribution in [0.4, 0.5) is 5.69 Å². The van der Waals surface area contributed by atoms with Crippen molar-refractivity contribution in [2.45, 2.75) is 20.8 Å². The number of nitrogens with zero attached hydrogens (tertiary/aromatic N) is 2. The lowest BCUT2D eigenvalue weighted by molar-refractivity contribution is 1.15. The summed E-state index contributed by atoms with van der Waals surface area (Å²) in [7, 11) is 0. The van der Waals surface area contributed by atoms with E-state index < -0.39 is 0 Å². The number of nitrogen functional groups attached to an aromatic ring is 1. The molecule has 0 saturated carbocycles. The van der Waals surface area contributed by atoms with Crippen molar-refractivity contribution in [3.63, 3.8) is 0 Å². The van der Waals surface area contributed by atoms with Crippen molar-refractivity contribution in [3.8, 4) is 11.4 Å². The van der Waals surface area contributed by atoms with Crippen molar-refractivity contribution in [2.24, 2.45) is 0 Å². The Morgan fingerprint density at radius 3 is 2.63 bits per heavy atom.